The molecule has 1 aliphatic carbocycles. The predicted octanol–water partition coefficient (Wildman–Crippen LogP) is 2.22. The summed E-state index contributed by atoms with van der Waals surface area (Å²) in [6.07, 6.45) is 3.88. The van der Waals surface area contributed by atoms with Crippen LogP contribution in [-0.4, -0.2) is 30.0 Å². The van der Waals surface area contributed by atoms with Crippen LogP contribution in [-0.2, 0) is 9.47 Å². The largest absolute Gasteiger partial charge is 0.417 e. The maximum absolute atomic E-state index is 11.2. The van der Waals surface area contributed by atoms with E-state index >= 15 is 0 Å². The second-order valence-electron chi connectivity index (χ2n) is 5.75. The van der Waals surface area contributed by atoms with Crippen molar-refractivity contribution in [3.63, 3.8) is 0 Å². The summed E-state index contributed by atoms with van der Waals surface area (Å²) in [5, 5.41) is 3.51. The van der Waals surface area contributed by atoms with E-state index in [0.717, 1.165) is 36.9 Å². The molecule has 1 saturated heterocycles. The Hall–Kier alpha value is -1.79. The quantitative estimate of drug-likeness (QED) is 0.887. The molecule has 0 unspecified atom stereocenters. The van der Waals surface area contributed by atoms with E-state index in [1.54, 1.807) is 0 Å². The van der Waals surface area contributed by atoms with Gasteiger partial charge in [-0.25, -0.2) is 4.79 Å². The molecule has 6 nitrogen and oxygen atoms in total. The van der Waals surface area contributed by atoms with Crippen molar-refractivity contribution in [2.45, 2.75) is 37.5 Å². The molecule has 21 heavy (non-hydrogen) atoms. The summed E-state index contributed by atoms with van der Waals surface area (Å²) in [5.74, 6) is -0.741. The van der Waals surface area contributed by atoms with Gasteiger partial charge in [0.05, 0.1) is 18.7 Å². The zero-order valence-electron chi connectivity index (χ0n) is 11.7. The summed E-state index contributed by atoms with van der Waals surface area (Å²) in [6, 6.07) is 6.06. The van der Waals surface area contributed by atoms with E-state index in [2.05, 4.69) is 10.3 Å². The number of ether oxygens (including phenoxy) is 2. The van der Waals surface area contributed by atoms with Gasteiger partial charge >= 0.3 is 5.76 Å². The Morgan fingerprint density at radius 3 is 2.71 bits per heavy atom. The molecule has 2 N–H and O–H groups in total. The van der Waals surface area contributed by atoms with E-state index in [9.17, 15) is 4.79 Å². The molecule has 0 atom stereocenters. The highest BCUT2D eigenvalue weighted by atomic mass is 16.7. The van der Waals surface area contributed by atoms with Gasteiger partial charge in [-0.1, -0.05) is 0 Å². The lowest BCUT2D eigenvalue weighted by atomic mass is 9.90. The minimum absolute atomic E-state index is 0.321. The van der Waals surface area contributed by atoms with Crippen molar-refractivity contribution in [1.82, 2.24) is 4.98 Å². The molecule has 1 aliphatic heterocycles. The third-order valence-electron chi connectivity index (χ3n) is 4.35. The first kappa shape index (κ1) is 12.9. The predicted molar refractivity (Wildman–Crippen MR) is 77.3 cm³/mol. The van der Waals surface area contributed by atoms with Gasteiger partial charge in [0, 0.05) is 24.6 Å². The van der Waals surface area contributed by atoms with Crippen molar-refractivity contribution in [3.05, 3.63) is 28.7 Å². The van der Waals surface area contributed by atoms with Crippen LogP contribution >= 0.6 is 0 Å². The molecular formula is C15H18N2O4. The summed E-state index contributed by atoms with van der Waals surface area (Å²) >= 11 is 0. The van der Waals surface area contributed by atoms with Crippen molar-refractivity contribution in [2.75, 3.05) is 18.5 Å². The second-order valence-corrected chi connectivity index (χ2v) is 5.75. The number of nitrogens with one attached hydrogen (secondary N) is 2. The molecule has 2 fully saturated rings. The molecule has 1 spiro atoms. The number of hydrogen-bond donors (Lipinski definition) is 2. The Morgan fingerprint density at radius 1 is 1.19 bits per heavy atom. The molecule has 2 heterocycles. The Labute approximate surface area is 121 Å². The number of H-pyrrole nitrogens is 1. The highest BCUT2D eigenvalue weighted by molar-refractivity contribution is 5.76. The van der Waals surface area contributed by atoms with E-state index in [-0.39, 0.29) is 5.79 Å². The van der Waals surface area contributed by atoms with Crippen molar-refractivity contribution in [1.29, 1.82) is 0 Å². The maximum atomic E-state index is 11.2. The Balaban J connectivity index is 1.44. The van der Waals surface area contributed by atoms with Gasteiger partial charge < -0.3 is 19.2 Å². The van der Waals surface area contributed by atoms with Gasteiger partial charge in [0.15, 0.2) is 11.4 Å². The van der Waals surface area contributed by atoms with Crippen molar-refractivity contribution < 1.29 is 13.9 Å². The molecule has 4 rings (SSSR count). The van der Waals surface area contributed by atoms with Crippen LogP contribution in [0.2, 0.25) is 0 Å². The number of oxazole rings is 1. The van der Waals surface area contributed by atoms with Crippen molar-refractivity contribution in [3.8, 4) is 0 Å². The Morgan fingerprint density at radius 2 is 1.95 bits per heavy atom. The van der Waals surface area contributed by atoms with Crippen LogP contribution in [0, 0.1) is 0 Å². The number of benzene rings is 1. The third-order valence-corrected chi connectivity index (χ3v) is 4.35. The van der Waals surface area contributed by atoms with E-state index in [1.165, 1.54) is 0 Å². The van der Waals surface area contributed by atoms with E-state index < -0.39 is 5.76 Å². The summed E-state index contributed by atoms with van der Waals surface area (Å²) in [7, 11) is 0. The Kier molecular flexibility index (Phi) is 3.01. The monoisotopic (exact) mass is 290 g/mol. The molecule has 2 aliphatic rings. The number of fused-ring (bicyclic) bond motifs is 1. The zero-order chi connectivity index (χ0) is 14.3. The lowest BCUT2D eigenvalue weighted by Gasteiger charge is -2.36. The van der Waals surface area contributed by atoms with Crippen LogP contribution in [0.4, 0.5) is 5.69 Å². The molecule has 112 valence electrons. The summed E-state index contributed by atoms with van der Waals surface area (Å²) in [5.41, 5.74) is 2.30. The highest BCUT2D eigenvalue weighted by Crippen LogP contribution is 2.36. The molecule has 2 aromatic rings. The summed E-state index contributed by atoms with van der Waals surface area (Å²) < 4.78 is 16.5. The lowest BCUT2D eigenvalue weighted by Crippen LogP contribution is -2.39. The smallest absolute Gasteiger partial charge is 0.408 e. The van der Waals surface area contributed by atoms with Crippen LogP contribution in [0.1, 0.15) is 25.7 Å². The molecule has 1 aromatic heterocycles. The average molecular weight is 290 g/mol. The molecular weight excluding hydrogens is 272 g/mol. The maximum Gasteiger partial charge on any atom is 0.417 e. The molecule has 0 amide bonds. The zero-order valence-corrected chi connectivity index (χ0v) is 11.7. The van der Waals surface area contributed by atoms with Crippen LogP contribution in [0.3, 0.4) is 0 Å². The SMILES string of the molecule is O=c1[nH]c2cc(NC3CCC4(CC3)OCCO4)ccc2o1. The van der Waals surface area contributed by atoms with Gasteiger partial charge in [-0.2, -0.15) is 0 Å². The number of aromatic nitrogens is 1. The summed E-state index contributed by atoms with van der Waals surface area (Å²) in [4.78, 5) is 13.8. The van der Waals surface area contributed by atoms with E-state index in [1.807, 2.05) is 18.2 Å². The van der Waals surface area contributed by atoms with Crippen LogP contribution in [0.25, 0.3) is 11.1 Å². The minimum Gasteiger partial charge on any atom is -0.408 e. The van der Waals surface area contributed by atoms with Crippen LogP contribution in [0.15, 0.2) is 27.4 Å². The summed E-state index contributed by atoms with van der Waals surface area (Å²) in [6.45, 7) is 1.42. The number of rotatable bonds is 2. The normalized spacial score (nSPS) is 22.1. The van der Waals surface area contributed by atoms with Crippen molar-refractivity contribution >= 4 is 16.8 Å². The van der Waals surface area contributed by atoms with Crippen molar-refractivity contribution in [2.24, 2.45) is 0 Å². The topological polar surface area (TPSA) is 76.5 Å². The van der Waals surface area contributed by atoms with Gasteiger partial charge in [-0.05, 0) is 31.0 Å². The fourth-order valence-electron chi connectivity index (χ4n) is 3.27. The average Bonchev–Trinajstić information content (AvgIpc) is 3.07. The molecule has 0 radical (unpaired) electrons. The fraction of sp³-hybridized carbons (Fsp3) is 0.533. The van der Waals surface area contributed by atoms with Gasteiger partial charge in [-0.3, -0.25) is 4.98 Å². The molecule has 6 heteroatoms. The first-order chi connectivity index (χ1) is 10.2. The first-order valence-electron chi connectivity index (χ1n) is 7.40. The molecule has 1 aromatic carbocycles. The van der Waals surface area contributed by atoms with E-state index in [0.29, 0.717) is 24.8 Å². The third kappa shape index (κ3) is 2.45. The fourth-order valence-corrected chi connectivity index (χ4v) is 3.27. The van der Waals surface area contributed by atoms with Crippen LogP contribution < -0.4 is 11.1 Å². The number of hydrogen-bond acceptors (Lipinski definition) is 5. The van der Waals surface area contributed by atoms with Gasteiger partial charge in [0.25, 0.3) is 0 Å². The van der Waals surface area contributed by atoms with Gasteiger partial charge in [0.1, 0.15) is 0 Å². The Bertz CT molecular complexity index is 689. The second kappa shape index (κ2) is 4.89. The molecule has 1 saturated carbocycles. The molecule has 0 bridgehead atoms. The minimum atomic E-state index is -0.419. The lowest BCUT2D eigenvalue weighted by molar-refractivity contribution is -0.177. The van der Waals surface area contributed by atoms with Gasteiger partial charge in [-0.15, -0.1) is 0 Å². The van der Waals surface area contributed by atoms with Crippen LogP contribution in [0.5, 0.6) is 0 Å². The number of aromatic amines is 1. The highest BCUT2D eigenvalue weighted by Gasteiger charge is 2.40. The first-order valence-corrected chi connectivity index (χ1v) is 7.40. The van der Waals surface area contributed by atoms with Gasteiger partial charge in [0.2, 0.25) is 0 Å². The van der Waals surface area contributed by atoms with E-state index in [4.69, 9.17) is 13.9 Å². The number of anilines is 1. The standard InChI is InChI=1S/C15H18N2O4/c18-14-17-12-9-11(1-2-13(12)21-14)16-10-3-5-15(6-4-10)19-7-8-20-15/h1-2,9-10,16H,3-8H2,(H,17,18).